The number of Topliss-reactive ketones (excluding diaryl/α,β-unsaturated/α-hetero) is 2. The molecule has 160 valence electrons. The molecule has 3 N–H and O–H groups in total. The van der Waals surface area contributed by atoms with Crippen LogP contribution in [0.25, 0.3) is 10.9 Å². The summed E-state index contributed by atoms with van der Waals surface area (Å²) in [7, 11) is 0. The van der Waals surface area contributed by atoms with Crippen LogP contribution in [0.3, 0.4) is 0 Å². The maximum atomic E-state index is 11.6. The number of nitrogens with one attached hydrogen (secondary N) is 1. The van der Waals surface area contributed by atoms with Gasteiger partial charge in [-0.15, -0.1) is 0 Å². The molecule has 0 aliphatic heterocycles. The first-order valence-electron chi connectivity index (χ1n) is 9.21. The lowest BCUT2D eigenvalue weighted by atomic mass is 10.1. The van der Waals surface area contributed by atoms with Gasteiger partial charge in [0.2, 0.25) is 0 Å². The molecule has 3 aromatic rings. The molecular weight excluding hydrogens is 423 g/mol. The molecule has 0 fully saturated rings. The van der Waals surface area contributed by atoms with E-state index in [0.29, 0.717) is 10.4 Å². The van der Waals surface area contributed by atoms with Gasteiger partial charge in [0.15, 0.2) is 5.43 Å². The van der Waals surface area contributed by atoms with Crippen LogP contribution < -0.4 is 11.2 Å². The van der Waals surface area contributed by atoms with Gasteiger partial charge in [-0.25, -0.2) is 0 Å². The summed E-state index contributed by atoms with van der Waals surface area (Å²) in [5, 5.41) is 2.04. The number of carbonyl (C=O) groups excluding carboxylic acids is 2. The van der Waals surface area contributed by atoms with E-state index in [1.54, 1.807) is 24.3 Å². The summed E-state index contributed by atoms with van der Waals surface area (Å²) in [5.41, 5.74) is 9.95. The third kappa shape index (κ3) is 8.39. The summed E-state index contributed by atoms with van der Waals surface area (Å²) < 4.78 is 0. The van der Waals surface area contributed by atoms with E-state index in [1.165, 1.54) is 13.8 Å². The number of ketones is 2. The molecule has 0 saturated carbocycles. The first-order chi connectivity index (χ1) is 13.9. The average molecular weight is 449 g/mol. The van der Waals surface area contributed by atoms with Crippen molar-refractivity contribution in [2.24, 2.45) is 0 Å². The minimum atomic E-state index is -0.0625. The summed E-state index contributed by atoms with van der Waals surface area (Å²) in [6.07, 6.45) is 0.0833. The number of fused-ring (bicyclic) bond motifs is 1. The second kappa shape index (κ2) is 11.5. The van der Waals surface area contributed by atoms with Crippen LogP contribution in [-0.4, -0.2) is 16.6 Å². The number of H-pyrrole nitrogens is 1. The number of rotatable bonds is 2. The second-order valence-corrected chi connectivity index (χ2v) is 7.87. The average Bonchev–Trinajstić information content (AvgIpc) is 2.60. The predicted molar refractivity (Wildman–Crippen MR) is 126 cm³/mol. The van der Waals surface area contributed by atoms with E-state index in [4.69, 9.17) is 28.9 Å². The van der Waals surface area contributed by atoms with Gasteiger partial charge in [-0.2, -0.15) is 0 Å². The number of pyridine rings is 1. The maximum absolute atomic E-state index is 11.6. The van der Waals surface area contributed by atoms with Gasteiger partial charge in [0.25, 0.3) is 0 Å². The molecule has 1 heterocycles. The normalized spacial score (nSPS) is 9.83. The van der Waals surface area contributed by atoms with Gasteiger partial charge < -0.3 is 10.7 Å². The first kappa shape index (κ1) is 25.4. The molecule has 30 heavy (non-hydrogen) atoms. The number of nitrogen functional groups attached to an aromatic ring is 1. The second-order valence-electron chi connectivity index (χ2n) is 7.05. The van der Waals surface area contributed by atoms with Gasteiger partial charge in [0.1, 0.15) is 11.6 Å². The number of aryl methyl sites for hydroxylation is 3. The fourth-order valence-corrected chi connectivity index (χ4v) is 2.81. The van der Waals surface area contributed by atoms with E-state index in [-0.39, 0.29) is 23.4 Å². The van der Waals surface area contributed by atoms with Crippen LogP contribution in [0.2, 0.25) is 10.0 Å². The molecule has 1 aromatic heterocycles. The number of hydrogen-bond donors (Lipinski definition) is 2. The van der Waals surface area contributed by atoms with Crippen molar-refractivity contribution in [3.05, 3.63) is 73.5 Å². The summed E-state index contributed by atoms with van der Waals surface area (Å²) in [5.74, 6) is -0.125. The summed E-state index contributed by atoms with van der Waals surface area (Å²) in [6.45, 7) is 8.52. The van der Waals surface area contributed by atoms with E-state index < -0.39 is 0 Å². The zero-order chi connectivity index (χ0) is 23.0. The fraction of sp³-hybridized carbons (Fsp3) is 0.261. The van der Waals surface area contributed by atoms with Gasteiger partial charge in [0, 0.05) is 38.4 Å². The summed E-state index contributed by atoms with van der Waals surface area (Å²) in [4.78, 5) is 34.8. The number of benzene rings is 2. The molecule has 0 spiro atoms. The molecule has 0 aliphatic carbocycles. The van der Waals surface area contributed by atoms with Crippen LogP contribution in [-0.2, 0) is 9.59 Å². The van der Waals surface area contributed by atoms with Crippen molar-refractivity contribution in [3.63, 3.8) is 0 Å². The topological polar surface area (TPSA) is 93.0 Å². The summed E-state index contributed by atoms with van der Waals surface area (Å²) >= 11 is 11.7. The third-order valence-electron chi connectivity index (χ3n) is 3.92. The molecule has 0 bridgehead atoms. The molecule has 0 aliphatic rings. The van der Waals surface area contributed by atoms with Crippen LogP contribution in [0.1, 0.15) is 37.1 Å². The highest BCUT2D eigenvalue weighted by atomic mass is 35.5. The zero-order valence-electron chi connectivity index (χ0n) is 17.7. The molecule has 0 saturated heterocycles. The van der Waals surface area contributed by atoms with Crippen molar-refractivity contribution in [1.29, 1.82) is 0 Å². The van der Waals surface area contributed by atoms with Crippen molar-refractivity contribution in [2.75, 3.05) is 5.73 Å². The molecular formula is C23H26Cl2N2O3. The number of carbonyl (C=O) groups is 2. The number of anilines is 1. The molecule has 2 aromatic carbocycles. The lowest BCUT2D eigenvalue weighted by Crippen LogP contribution is -2.03. The Kier molecular flexibility index (Phi) is 9.76. The number of nitrogens with two attached hydrogens (primary N) is 1. The first-order valence-corrected chi connectivity index (χ1v) is 9.96. The molecule has 0 unspecified atom stereocenters. The number of aromatic amines is 1. The van der Waals surface area contributed by atoms with Crippen LogP contribution in [0, 0.1) is 20.8 Å². The summed E-state index contributed by atoms with van der Waals surface area (Å²) in [6, 6.07) is 10.6. The van der Waals surface area contributed by atoms with E-state index in [9.17, 15) is 14.4 Å². The van der Waals surface area contributed by atoms with E-state index in [1.807, 2.05) is 32.9 Å². The van der Waals surface area contributed by atoms with Crippen molar-refractivity contribution >= 4 is 51.4 Å². The standard InChI is InChI=1S/C11H10ClNO.C7H8ClN.C5H8O2/c1-6-3-10-8(5-9(6)12)11(14)4-7(2)13-10;1-5-4-6(9)2-3-7(5)8;1-4(6)3-5(2)7/h3-5H,1-2H3,(H,13,14);2-4H,9H2,1H3;3H2,1-2H3. The van der Waals surface area contributed by atoms with E-state index in [2.05, 4.69) is 4.98 Å². The van der Waals surface area contributed by atoms with Crippen LogP contribution >= 0.6 is 23.2 Å². The van der Waals surface area contributed by atoms with Crippen molar-refractivity contribution < 1.29 is 9.59 Å². The van der Waals surface area contributed by atoms with Crippen LogP contribution in [0.5, 0.6) is 0 Å². The smallest absolute Gasteiger partial charge is 0.189 e. The molecule has 7 heteroatoms. The predicted octanol–water partition coefficient (Wildman–Crippen LogP) is 5.58. The maximum Gasteiger partial charge on any atom is 0.189 e. The molecule has 5 nitrogen and oxygen atoms in total. The highest BCUT2D eigenvalue weighted by molar-refractivity contribution is 6.32. The zero-order valence-corrected chi connectivity index (χ0v) is 19.2. The van der Waals surface area contributed by atoms with Gasteiger partial charge in [0.05, 0.1) is 6.42 Å². The van der Waals surface area contributed by atoms with E-state index >= 15 is 0 Å². The van der Waals surface area contributed by atoms with Crippen LogP contribution in [0.4, 0.5) is 5.69 Å². The van der Waals surface area contributed by atoms with Crippen LogP contribution in [0.15, 0.2) is 41.2 Å². The molecule has 3 rings (SSSR count). The van der Waals surface area contributed by atoms with Crippen molar-refractivity contribution in [2.45, 2.75) is 41.0 Å². The quantitative estimate of drug-likeness (QED) is 0.394. The third-order valence-corrected chi connectivity index (χ3v) is 4.75. The molecule has 0 amide bonds. The Morgan fingerprint density at radius 3 is 1.93 bits per heavy atom. The SMILES string of the molecule is CC(=O)CC(C)=O.Cc1cc(=O)c2cc(Cl)c(C)cc2[nH]1.Cc1cc(N)ccc1Cl. The van der Waals surface area contributed by atoms with Gasteiger partial charge in [-0.1, -0.05) is 23.2 Å². The van der Waals surface area contributed by atoms with Crippen molar-refractivity contribution in [3.8, 4) is 0 Å². The Balaban J connectivity index is 0.000000244. The van der Waals surface area contributed by atoms with Gasteiger partial charge in [-0.3, -0.25) is 14.4 Å². The minimum absolute atomic E-state index is 0.0122. The largest absolute Gasteiger partial charge is 0.399 e. The molecule has 0 radical (unpaired) electrons. The van der Waals surface area contributed by atoms with Gasteiger partial charge in [-0.05, 0) is 76.1 Å². The lowest BCUT2D eigenvalue weighted by Gasteiger charge is -2.03. The Labute approximate surface area is 186 Å². The number of hydrogen-bond acceptors (Lipinski definition) is 4. The number of halogens is 2. The lowest BCUT2D eigenvalue weighted by molar-refractivity contribution is -0.124. The Morgan fingerprint density at radius 1 is 0.900 bits per heavy atom. The highest BCUT2D eigenvalue weighted by Crippen LogP contribution is 2.20. The Morgan fingerprint density at radius 2 is 1.47 bits per heavy atom. The monoisotopic (exact) mass is 448 g/mol. The molecule has 0 atom stereocenters. The highest BCUT2D eigenvalue weighted by Gasteiger charge is 2.03. The fourth-order valence-electron chi connectivity index (χ4n) is 2.53. The van der Waals surface area contributed by atoms with Gasteiger partial charge >= 0.3 is 0 Å². The number of aromatic nitrogens is 1. The Hall–Kier alpha value is -2.63. The minimum Gasteiger partial charge on any atom is -0.399 e. The van der Waals surface area contributed by atoms with Crippen molar-refractivity contribution in [1.82, 2.24) is 4.98 Å². The van der Waals surface area contributed by atoms with E-state index in [0.717, 1.165) is 33.0 Å². The Bertz CT molecular complexity index is 1110.